The Morgan fingerprint density at radius 2 is 2.20 bits per heavy atom. The minimum Gasteiger partial charge on any atom is -0.477 e. The first-order chi connectivity index (χ1) is 19.2. The van der Waals surface area contributed by atoms with Crippen LogP contribution in [0.4, 0.5) is 10.3 Å². The number of carbonyl (C=O) groups excluding carboxylic acids is 2. The summed E-state index contributed by atoms with van der Waals surface area (Å²) in [6, 6.07) is -0.923. The number of likely N-dealkylation sites (N-methyl/N-ethyl adjacent to an activating group) is 1. The van der Waals surface area contributed by atoms with Gasteiger partial charge in [0.1, 0.15) is 41.7 Å². The van der Waals surface area contributed by atoms with E-state index in [2.05, 4.69) is 38.6 Å². The van der Waals surface area contributed by atoms with Crippen LogP contribution in [0.2, 0.25) is 0 Å². The highest BCUT2D eigenvalue weighted by atomic mass is 32.2. The highest BCUT2D eigenvalue weighted by Crippen LogP contribution is 2.41. The van der Waals surface area contributed by atoms with E-state index < -0.39 is 29.2 Å². The molecule has 2 aliphatic heterocycles. The topological polar surface area (TPSA) is 154 Å². The number of oxime groups is 1. The summed E-state index contributed by atoms with van der Waals surface area (Å²) in [6.45, 7) is 3.99. The molecule has 2 aromatic heterocycles. The van der Waals surface area contributed by atoms with Gasteiger partial charge in [-0.2, -0.15) is 0 Å². The fourth-order valence-corrected chi connectivity index (χ4v) is 8.25. The van der Waals surface area contributed by atoms with Crippen molar-refractivity contribution in [1.29, 1.82) is 0 Å². The molecule has 4 heterocycles. The molecule has 1 aliphatic carbocycles. The van der Waals surface area contributed by atoms with Gasteiger partial charge in [-0.05, 0) is 19.3 Å². The lowest BCUT2D eigenvalue weighted by molar-refractivity contribution is -0.662. The molecule has 40 heavy (non-hydrogen) atoms. The number of rotatable bonds is 10. The lowest BCUT2D eigenvalue weighted by Crippen LogP contribution is -2.71. The molecule has 1 saturated heterocycles. The molecular formula is C25H30N7O5S3+. The predicted molar refractivity (Wildman–Crippen MR) is 154 cm³/mol. The number of carbonyl (C=O) groups is 3. The highest BCUT2D eigenvalue weighted by Gasteiger charge is 2.54. The van der Waals surface area contributed by atoms with Crippen molar-refractivity contribution in [3.05, 3.63) is 45.6 Å². The van der Waals surface area contributed by atoms with Gasteiger partial charge < -0.3 is 21.0 Å². The molecule has 0 spiro atoms. The molecule has 0 aromatic carbocycles. The fraction of sp³-hybridized carbons (Fsp3) is 0.440. The van der Waals surface area contributed by atoms with E-state index in [1.54, 1.807) is 16.7 Å². The molecule has 212 valence electrons. The van der Waals surface area contributed by atoms with Gasteiger partial charge in [-0.15, -0.1) is 23.1 Å². The molecule has 15 heteroatoms. The van der Waals surface area contributed by atoms with Gasteiger partial charge in [-0.1, -0.05) is 29.1 Å². The summed E-state index contributed by atoms with van der Waals surface area (Å²) in [5.74, 6) is -1.93. The van der Waals surface area contributed by atoms with Crippen LogP contribution >= 0.6 is 34.4 Å². The smallest absolute Gasteiger partial charge is 0.352 e. The molecule has 3 aliphatic rings. The number of carboxylic acids is 1. The zero-order valence-electron chi connectivity index (χ0n) is 22.1. The number of fused-ring (bicyclic) bond motifs is 2. The molecule has 5 rings (SSSR count). The van der Waals surface area contributed by atoms with E-state index in [4.69, 9.17) is 10.6 Å². The van der Waals surface area contributed by atoms with Crippen molar-refractivity contribution in [2.75, 3.05) is 36.6 Å². The van der Waals surface area contributed by atoms with Gasteiger partial charge in [0.25, 0.3) is 11.8 Å². The van der Waals surface area contributed by atoms with E-state index in [0.29, 0.717) is 17.9 Å². The van der Waals surface area contributed by atoms with Gasteiger partial charge >= 0.3 is 11.1 Å². The first-order valence-corrected chi connectivity index (χ1v) is 15.4. The van der Waals surface area contributed by atoms with Crippen LogP contribution in [0.25, 0.3) is 0 Å². The number of nitrogens with two attached hydrogens (primary N) is 1. The first-order valence-electron chi connectivity index (χ1n) is 12.7. The number of carboxylic acid groups (broad SMARTS) is 1. The quantitative estimate of drug-likeness (QED) is 0.0908. The Bertz CT molecular complexity index is 1430. The molecule has 0 bridgehead atoms. The van der Waals surface area contributed by atoms with E-state index in [1.807, 2.05) is 7.05 Å². The van der Waals surface area contributed by atoms with E-state index >= 15 is 0 Å². The number of hydrogen-bond acceptors (Lipinski definition) is 11. The van der Waals surface area contributed by atoms with Crippen LogP contribution in [0.3, 0.4) is 0 Å². The second-order valence-electron chi connectivity index (χ2n) is 9.59. The largest absolute Gasteiger partial charge is 0.477 e. The Kier molecular flexibility index (Phi) is 8.14. The molecule has 2 amide bonds. The third-order valence-corrected chi connectivity index (χ3v) is 10.4. The number of amides is 2. The van der Waals surface area contributed by atoms with Crippen molar-refractivity contribution in [3.63, 3.8) is 0 Å². The SMILES string of the molecule is C=CCO/N=C(\C(=O)NC1C(=O)N2C(C(=O)O)=C(CN(C)c3sc4c([n+]3C)CCCC4)CSC12)c1csc(N)n1. The number of aromatic nitrogens is 2. The van der Waals surface area contributed by atoms with E-state index in [0.717, 1.165) is 29.3 Å². The number of β-lactam (4-membered cyclic amide) rings is 1. The molecule has 2 atom stereocenters. The van der Waals surface area contributed by atoms with Crippen LogP contribution in [0.5, 0.6) is 0 Å². The Morgan fingerprint density at radius 1 is 1.43 bits per heavy atom. The van der Waals surface area contributed by atoms with Crippen molar-refractivity contribution in [1.82, 2.24) is 15.2 Å². The molecule has 1 fully saturated rings. The summed E-state index contributed by atoms with van der Waals surface area (Å²) < 4.78 is 2.20. The number of nitrogen functional groups attached to an aromatic ring is 1. The summed E-state index contributed by atoms with van der Waals surface area (Å²) in [6.07, 6.45) is 5.96. The summed E-state index contributed by atoms with van der Waals surface area (Å²) in [4.78, 5) is 52.7. The second-order valence-corrected chi connectivity index (χ2v) is 12.6. The number of thiazole rings is 2. The van der Waals surface area contributed by atoms with E-state index in [9.17, 15) is 19.5 Å². The van der Waals surface area contributed by atoms with Crippen LogP contribution in [-0.2, 0) is 39.1 Å². The maximum Gasteiger partial charge on any atom is 0.352 e. The van der Waals surface area contributed by atoms with Gasteiger partial charge in [-0.3, -0.25) is 19.4 Å². The van der Waals surface area contributed by atoms with Crippen molar-refractivity contribution in [2.24, 2.45) is 12.2 Å². The second kappa shape index (κ2) is 11.6. The minimum atomic E-state index is -1.17. The number of nitrogens with zero attached hydrogens (tertiary/aromatic N) is 5. The van der Waals surface area contributed by atoms with Crippen LogP contribution in [0, 0.1) is 0 Å². The zero-order chi connectivity index (χ0) is 28.6. The normalized spacial score (nSPS) is 20.4. The monoisotopic (exact) mass is 604 g/mol. The minimum absolute atomic E-state index is 0.0226. The molecule has 12 nitrogen and oxygen atoms in total. The lowest BCUT2D eigenvalue weighted by Gasteiger charge is -2.49. The average molecular weight is 605 g/mol. The number of aliphatic carboxylic acids is 1. The molecular weight excluding hydrogens is 575 g/mol. The standard InChI is InChI=1S/C25H29N7O5S3/c1-4-9-37-29-17(14-12-39-24(26)27-14)20(33)28-18-21(34)32-19(23(35)36)13(11-38-22(18)32)10-30(2)25-31(3)15-7-5-6-8-16(15)40-25/h4,12,18,22H,1,5-11H2,2-3H3,(H3-,26,27,28,33,35,36)/p+1/b29-17-. The van der Waals surface area contributed by atoms with Crippen LogP contribution < -0.4 is 20.5 Å². The Hall–Kier alpha value is -3.43. The maximum absolute atomic E-state index is 13.2. The van der Waals surface area contributed by atoms with Crippen LogP contribution in [0.1, 0.15) is 29.1 Å². The van der Waals surface area contributed by atoms with Crippen molar-refractivity contribution in [3.8, 4) is 0 Å². The van der Waals surface area contributed by atoms with Crippen LogP contribution in [0.15, 0.2) is 34.5 Å². The number of nitrogens with one attached hydrogen (secondary N) is 1. The van der Waals surface area contributed by atoms with Crippen molar-refractivity contribution < 1.29 is 28.9 Å². The molecule has 0 radical (unpaired) electrons. The number of anilines is 2. The summed E-state index contributed by atoms with van der Waals surface area (Å²) in [7, 11) is 4.00. The number of aryl methyl sites for hydroxylation is 1. The molecule has 0 saturated carbocycles. The third-order valence-electron chi connectivity index (χ3n) is 6.91. The molecule has 4 N–H and O–H groups in total. The summed E-state index contributed by atoms with van der Waals surface area (Å²) in [5, 5.41) is 19.0. The maximum atomic E-state index is 13.2. The number of thioether (sulfide) groups is 1. The Balaban J connectivity index is 1.33. The summed E-state index contributed by atoms with van der Waals surface area (Å²) in [5.41, 5.74) is 7.77. The van der Waals surface area contributed by atoms with Gasteiger partial charge in [0, 0.05) is 23.1 Å². The Morgan fingerprint density at radius 3 is 2.88 bits per heavy atom. The zero-order valence-corrected chi connectivity index (χ0v) is 24.5. The Labute approximate surface area is 243 Å². The van der Waals surface area contributed by atoms with E-state index in [-0.39, 0.29) is 28.8 Å². The predicted octanol–water partition coefficient (Wildman–Crippen LogP) is 1.27. The highest BCUT2D eigenvalue weighted by molar-refractivity contribution is 8.00. The number of hydrogen-bond donors (Lipinski definition) is 3. The lowest BCUT2D eigenvalue weighted by atomic mass is 10.0. The fourth-order valence-electron chi connectivity index (χ4n) is 5.08. The summed E-state index contributed by atoms with van der Waals surface area (Å²) >= 11 is 4.30. The van der Waals surface area contributed by atoms with Crippen molar-refractivity contribution >= 4 is 68.2 Å². The average Bonchev–Trinajstić information content (AvgIpc) is 3.52. The van der Waals surface area contributed by atoms with E-state index in [1.165, 1.54) is 46.2 Å². The molecule has 2 aromatic rings. The van der Waals surface area contributed by atoms with Gasteiger partial charge in [0.05, 0.1) is 19.0 Å². The first kappa shape index (κ1) is 28.1. The molecule has 2 unspecified atom stereocenters. The van der Waals surface area contributed by atoms with Crippen LogP contribution in [-0.4, -0.2) is 75.9 Å². The van der Waals surface area contributed by atoms with Crippen molar-refractivity contribution in [2.45, 2.75) is 37.1 Å². The van der Waals surface area contributed by atoms with Gasteiger partial charge in [-0.25, -0.2) is 14.3 Å². The third kappa shape index (κ3) is 5.20. The van der Waals surface area contributed by atoms with Gasteiger partial charge in [0.2, 0.25) is 0 Å². The van der Waals surface area contributed by atoms with Gasteiger partial charge in [0.15, 0.2) is 10.8 Å².